The molecule has 2 amide bonds. The molecule has 2 aliphatic rings. The maximum Gasteiger partial charge on any atom is 0.328 e. The summed E-state index contributed by atoms with van der Waals surface area (Å²) in [5.74, 6) is -0.826. The van der Waals surface area contributed by atoms with Gasteiger partial charge in [0.05, 0.1) is 12.0 Å². The minimum atomic E-state index is -0.978. The van der Waals surface area contributed by atoms with Crippen LogP contribution in [-0.4, -0.2) is 47.8 Å². The van der Waals surface area contributed by atoms with Crippen LogP contribution in [0.15, 0.2) is 17.0 Å². The summed E-state index contributed by atoms with van der Waals surface area (Å²) >= 11 is 7.34. The predicted octanol–water partition coefficient (Wildman–Crippen LogP) is 4.66. The number of nitrogens with zero attached hydrogens (tertiary/aromatic N) is 2. The molecule has 1 fully saturated rings. The number of carbonyl (C=O) groups excluding carboxylic acids is 3. The number of thioether (sulfide) groups is 1. The van der Waals surface area contributed by atoms with E-state index < -0.39 is 23.2 Å². The summed E-state index contributed by atoms with van der Waals surface area (Å²) in [7, 11) is 3.28. The Bertz CT molecular complexity index is 928. The lowest BCUT2D eigenvalue weighted by molar-refractivity contribution is -0.148. The van der Waals surface area contributed by atoms with Gasteiger partial charge in [0.15, 0.2) is 0 Å². The molecule has 0 radical (unpaired) electrons. The number of anilines is 1. The van der Waals surface area contributed by atoms with Gasteiger partial charge in [-0.1, -0.05) is 18.5 Å². The third-order valence-corrected chi connectivity index (χ3v) is 7.00. The molecule has 3 rings (SSSR count). The summed E-state index contributed by atoms with van der Waals surface area (Å²) in [6.07, 6.45) is 2.62. The minimum absolute atomic E-state index is 0.0178. The van der Waals surface area contributed by atoms with Crippen molar-refractivity contribution in [2.24, 2.45) is 0 Å². The molecule has 0 bridgehead atoms. The molecule has 0 unspecified atom stereocenters. The highest BCUT2D eigenvalue weighted by Gasteiger charge is 2.41. The Hall–Kier alpha value is -1.99. The number of carbonyl (C=O) groups is 3. The SMILES string of the molecule is COC(=O)[C@H](C)N1C(=O)S/C(=C/c2cc3c(cc2Cl)N(C)C(C)(C)C[C@H]3C)C1=O. The molecule has 8 heteroatoms. The van der Waals surface area contributed by atoms with E-state index in [1.54, 1.807) is 6.08 Å². The Balaban J connectivity index is 1.98. The molecule has 156 valence electrons. The van der Waals surface area contributed by atoms with Crippen molar-refractivity contribution in [3.8, 4) is 0 Å². The molecule has 1 aromatic rings. The van der Waals surface area contributed by atoms with Gasteiger partial charge in [-0.2, -0.15) is 0 Å². The molecular weight excluding hydrogens is 412 g/mol. The molecule has 0 aromatic heterocycles. The second-order valence-electron chi connectivity index (χ2n) is 8.16. The van der Waals surface area contributed by atoms with Gasteiger partial charge in [0.2, 0.25) is 0 Å². The number of fused-ring (bicyclic) bond motifs is 1. The van der Waals surface area contributed by atoms with E-state index in [4.69, 9.17) is 11.6 Å². The number of ether oxygens (including phenoxy) is 1. The van der Waals surface area contributed by atoms with E-state index in [2.05, 4.69) is 37.5 Å². The van der Waals surface area contributed by atoms with E-state index in [0.29, 0.717) is 16.5 Å². The van der Waals surface area contributed by atoms with Crippen molar-refractivity contribution < 1.29 is 19.1 Å². The molecule has 1 aromatic carbocycles. The highest BCUT2D eigenvalue weighted by molar-refractivity contribution is 8.18. The third-order valence-electron chi connectivity index (χ3n) is 5.79. The van der Waals surface area contributed by atoms with Crippen LogP contribution in [0.1, 0.15) is 51.2 Å². The van der Waals surface area contributed by atoms with Crippen molar-refractivity contribution >= 4 is 52.2 Å². The summed E-state index contributed by atoms with van der Waals surface area (Å²) in [5.41, 5.74) is 2.93. The maximum absolute atomic E-state index is 12.7. The van der Waals surface area contributed by atoms with Gasteiger partial charge in [0.25, 0.3) is 11.1 Å². The Morgan fingerprint density at radius 1 is 1.38 bits per heavy atom. The van der Waals surface area contributed by atoms with Crippen LogP contribution < -0.4 is 4.90 Å². The van der Waals surface area contributed by atoms with Gasteiger partial charge in [-0.05, 0) is 74.2 Å². The first-order valence-corrected chi connectivity index (χ1v) is 10.6. The molecule has 0 spiro atoms. The first kappa shape index (κ1) is 21.7. The van der Waals surface area contributed by atoms with Crippen molar-refractivity contribution in [2.45, 2.75) is 51.6 Å². The monoisotopic (exact) mass is 436 g/mol. The Morgan fingerprint density at radius 2 is 2.03 bits per heavy atom. The number of imide groups is 1. The van der Waals surface area contributed by atoms with E-state index >= 15 is 0 Å². The van der Waals surface area contributed by atoms with Crippen LogP contribution in [0.2, 0.25) is 5.02 Å². The van der Waals surface area contributed by atoms with E-state index in [9.17, 15) is 14.4 Å². The number of hydrogen-bond donors (Lipinski definition) is 0. The average molecular weight is 437 g/mol. The topological polar surface area (TPSA) is 66.9 Å². The van der Waals surface area contributed by atoms with Gasteiger partial charge in [-0.3, -0.25) is 14.5 Å². The summed E-state index contributed by atoms with van der Waals surface area (Å²) in [6, 6.07) is 2.93. The number of esters is 1. The second kappa shape index (κ2) is 7.69. The Kier molecular flexibility index (Phi) is 5.75. The van der Waals surface area contributed by atoms with Crippen LogP contribution in [0.4, 0.5) is 10.5 Å². The molecule has 0 aliphatic carbocycles. The van der Waals surface area contributed by atoms with Crippen LogP contribution in [0.5, 0.6) is 0 Å². The van der Waals surface area contributed by atoms with Crippen molar-refractivity contribution in [1.29, 1.82) is 0 Å². The number of amides is 2. The summed E-state index contributed by atoms with van der Waals surface area (Å²) < 4.78 is 4.66. The molecule has 0 saturated carbocycles. The minimum Gasteiger partial charge on any atom is -0.467 e. The van der Waals surface area contributed by atoms with E-state index in [-0.39, 0.29) is 10.4 Å². The second-order valence-corrected chi connectivity index (χ2v) is 9.56. The highest BCUT2D eigenvalue weighted by atomic mass is 35.5. The molecule has 2 atom stereocenters. The zero-order valence-electron chi connectivity index (χ0n) is 17.4. The predicted molar refractivity (Wildman–Crippen MR) is 116 cm³/mol. The molecule has 29 heavy (non-hydrogen) atoms. The molecule has 0 N–H and O–H groups in total. The molecule has 1 saturated heterocycles. The fraction of sp³-hybridized carbons (Fsp3) is 0.476. The summed E-state index contributed by atoms with van der Waals surface area (Å²) in [5, 5.41) is 0.0106. The number of halogens is 1. The Labute approximate surface area is 180 Å². The lowest BCUT2D eigenvalue weighted by Crippen LogP contribution is -2.45. The van der Waals surface area contributed by atoms with Gasteiger partial charge < -0.3 is 9.64 Å². The smallest absolute Gasteiger partial charge is 0.328 e. The highest BCUT2D eigenvalue weighted by Crippen LogP contribution is 2.45. The van der Waals surface area contributed by atoms with Crippen LogP contribution >= 0.6 is 23.4 Å². The maximum atomic E-state index is 12.7. The van der Waals surface area contributed by atoms with Crippen molar-refractivity contribution in [2.75, 3.05) is 19.1 Å². The van der Waals surface area contributed by atoms with E-state index in [1.807, 2.05) is 12.1 Å². The van der Waals surface area contributed by atoms with E-state index in [0.717, 1.165) is 34.3 Å². The van der Waals surface area contributed by atoms with Crippen molar-refractivity contribution in [1.82, 2.24) is 4.90 Å². The molecular formula is C21H25ClN2O4S. The zero-order valence-corrected chi connectivity index (χ0v) is 19.0. The fourth-order valence-electron chi connectivity index (χ4n) is 3.95. The standard InChI is InChI=1S/C21H25ClN2O4S/c1-11-10-21(3,4)23(5)16-9-15(22)13(7-14(11)16)8-17-18(25)24(20(27)29-17)12(2)19(26)28-6/h7-9,11-12H,10H2,1-6H3/b17-8+/t11-,12+/m1/s1. The average Bonchev–Trinajstić information content (AvgIpc) is 2.92. The zero-order chi connectivity index (χ0) is 21.7. The van der Waals surface area contributed by atoms with Gasteiger partial charge in [0, 0.05) is 23.3 Å². The first-order chi connectivity index (χ1) is 13.5. The number of methoxy groups -OCH3 is 1. The van der Waals surface area contributed by atoms with Gasteiger partial charge in [0.1, 0.15) is 6.04 Å². The molecule has 6 nitrogen and oxygen atoms in total. The molecule has 2 heterocycles. The van der Waals surface area contributed by atoms with Crippen molar-refractivity contribution in [3.63, 3.8) is 0 Å². The van der Waals surface area contributed by atoms with E-state index in [1.165, 1.54) is 14.0 Å². The van der Waals surface area contributed by atoms with Crippen LogP contribution in [-0.2, 0) is 14.3 Å². The largest absolute Gasteiger partial charge is 0.467 e. The van der Waals surface area contributed by atoms with Crippen molar-refractivity contribution in [3.05, 3.63) is 33.2 Å². The number of hydrogen-bond acceptors (Lipinski definition) is 6. The summed E-state index contributed by atoms with van der Waals surface area (Å²) in [6.45, 7) is 8.05. The van der Waals surface area contributed by atoms with Crippen LogP contribution in [0, 0.1) is 0 Å². The van der Waals surface area contributed by atoms with Gasteiger partial charge >= 0.3 is 5.97 Å². The number of benzene rings is 1. The lowest BCUT2D eigenvalue weighted by Gasteiger charge is -2.45. The lowest BCUT2D eigenvalue weighted by atomic mass is 9.80. The van der Waals surface area contributed by atoms with Crippen LogP contribution in [0.3, 0.4) is 0 Å². The van der Waals surface area contributed by atoms with Gasteiger partial charge in [-0.25, -0.2) is 4.79 Å². The van der Waals surface area contributed by atoms with Gasteiger partial charge in [-0.15, -0.1) is 0 Å². The number of rotatable bonds is 3. The normalized spacial score (nSPS) is 23.4. The quantitative estimate of drug-likeness (QED) is 0.507. The first-order valence-electron chi connectivity index (χ1n) is 9.40. The summed E-state index contributed by atoms with van der Waals surface area (Å²) in [4.78, 5) is 40.2. The van der Waals surface area contributed by atoms with Crippen LogP contribution in [0.25, 0.3) is 6.08 Å². The third kappa shape index (κ3) is 3.78. The Morgan fingerprint density at radius 3 is 2.66 bits per heavy atom. The molecule has 2 aliphatic heterocycles. The fourth-order valence-corrected chi connectivity index (χ4v) is 5.06.